The molecule has 0 aliphatic heterocycles. The van der Waals surface area contributed by atoms with Crippen LogP contribution in [-0.4, -0.2) is 19.1 Å². The Hall–Kier alpha value is -0.830. The first-order valence-corrected chi connectivity index (χ1v) is 7.19. The molecule has 1 aromatic carbocycles. The quantitative estimate of drug-likeness (QED) is 0.398. The highest BCUT2D eigenvalue weighted by Gasteiger charge is 2.16. The Bertz CT molecular complexity index is 513. The average Bonchev–Trinajstić information content (AvgIpc) is 2.36. The highest BCUT2D eigenvalue weighted by molar-refractivity contribution is 14.0. The van der Waals surface area contributed by atoms with Crippen molar-refractivity contribution < 1.29 is 13.5 Å². The number of halogens is 4. The molecule has 22 heavy (non-hydrogen) atoms. The number of alkyl halides is 2. The van der Waals surface area contributed by atoms with Crippen molar-refractivity contribution in [3.05, 3.63) is 28.8 Å². The highest BCUT2D eigenvalue weighted by Crippen LogP contribution is 2.26. The summed E-state index contributed by atoms with van der Waals surface area (Å²) in [4.78, 5) is 4.13. The first-order chi connectivity index (χ1) is 10.0. The molecule has 1 aliphatic carbocycles. The minimum Gasteiger partial charge on any atom is -0.434 e. The van der Waals surface area contributed by atoms with Crippen LogP contribution in [-0.2, 0) is 6.54 Å². The summed E-state index contributed by atoms with van der Waals surface area (Å²) in [5.74, 6) is 1.01. The second-order valence-electron chi connectivity index (χ2n) is 5.01. The molecule has 0 spiro atoms. The average molecular weight is 446 g/mol. The number of guanidine groups is 1. The van der Waals surface area contributed by atoms with Crippen molar-refractivity contribution in [1.29, 1.82) is 0 Å². The van der Waals surface area contributed by atoms with Crippen molar-refractivity contribution in [3.8, 4) is 5.75 Å². The number of benzene rings is 1. The Morgan fingerprint density at radius 2 is 2.18 bits per heavy atom. The lowest BCUT2D eigenvalue weighted by atomic mass is 9.85. The number of rotatable bonds is 6. The molecule has 124 valence electrons. The van der Waals surface area contributed by atoms with Crippen molar-refractivity contribution in [1.82, 2.24) is 5.32 Å². The summed E-state index contributed by atoms with van der Waals surface area (Å²) in [6.45, 7) is -1.96. The third kappa shape index (κ3) is 6.12. The summed E-state index contributed by atoms with van der Waals surface area (Å²) in [7, 11) is 0. The summed E-state index contributed by atoms with van der Waals surface area (Å²) in [6, 6.07) is 4.43. The van der Waals surface area contributed by atoms with Crippen LogP contribution in [0.15, 0.2) is 23.2 Å². The van der Waals surface area contributed by atoms with Gasteiger partial charge in [-0.1, -0.05) is 18.0 Å². The number of nitrogens with two attached hydrogens (primary N) is 1. The van der Waals surface area contributed by atoms with Gasteiger partial charge in [-0.15, -0.1) is 24.0 Å². The van der Waals surface area contributed by atoms with Gasteiger partial charge in [0.25, 0.3) is 0 Å². The Labute approximate surface area is 150 Å². The summed E-state index contributed by atoms with van der Waals surface area (Å²) < 4.78 is 29.1. The minimum absolute atomic E-state index is 0. The zero-order valence-electron chi connectivity index (χ0n) is 11.9. The number of nitrogens with one attached hydrogen (secondary N) is 1. The number of hydrogen-bond donors (Lipinski definition) is 2. The lowest BCUT2D eigenvalue weighted by molar-refractivity contribution is -0.0504. The summed E-state index contributed by atoms with van der Waals surface area (Å²) in [5, 5.41) is 3.47. The number of nitrogens with zero attached hydrogens (tertiary/aromatic N) is 1. The molecule has 0 saturated heterocycles. The summed E-state index contributed by atoms with van der Waals surface area (Å²) in [5.41, 5.74) is 6.22. The van der Waals surface area contributed by atoms with Gasteiger partial charge >= 0.3 is 6.61 Å². The van der Waals surface area contributed by atoms with Gasteiger partial charge in [-0.25, -0.2) is 4.99 Å². The standard InChI is InChI=1S/C14H18ClF2N3O.HI/c15-11-4-5-12(21-13(16)17)10(6-11)8-20-14(18)19-7-9-2-1-3-9;/h4-6,9,13H,1-3,7-8H2,(H3,18,19,20);1H. The fourth-order valence-electron chi connectivity index (χ4n) is 2.05. The van der Waals surface area contributed by atoms with Crippen molar-refractivity contribution >= 4 is 41.5 Å². The van der Waals surface area contributed by atoms with Crippen LogP contribution in [0.3, 0.4) is 0 Å². The van der Waals surface area contributed by atoms with E-state index >= 15 is 0 Å². The van der Waals surface area contributed by atoms with E-state index < -0.39 is 6.61 Å². The first-order valence-electron chi connectivity index (χ1n) is 6.81. The van der Waals surface area contributed by atoms with Gasteiger partial charge in [-0.3, -0.25) is 0 Å². The number of hydrogen-bond acceptors (Lipinski definition) is 2. The van der Waals surface area contributed by atoms with Gasteiger partial charge in [0.15, 0.2) is 5.96 Å². The zero-order chi connectivity index (χ0) is 15.2. The molecule has 3 N–H and O–H groups in total. The third-order valence-electron chi connectivity index (χ3n) is 3.45. The van der Waals surface area contributed by atoms with Crippen LogP contribution in [0.1, 0.15) is 24.8 Å². The second kappa shape index (κ2) is 9.34. The van der Waals surface area contributed by atoms with E-state index in [1.807, 2.05) is 0 Å². The van der Waals surface area contributed by atoms with Crippen LogP contribution in [0.25, 0.3) is 0 Å². The number of ether oxygens (including phenoxy) is 1. The van der Waals surface area contributed by atoms with E-state index in [1.54, 1.807) is 6.07 Å². The number of aliphatic imine (C=N–C) groups is 1. The molecule has 0 heterocycles. The van der Waals surface area contributed by atoms with E-state index in [1.165, 1.54) is 31.4 Å². The van der Waals surface area contributed by atoms with Crippen LogP contribution < -0.4 is 15.8 Å². The Kier molecular flexibility index (Phi) is 8.16. The topological polar surface area (TPSA) is 59.6 Å². The third-order valence-corrected chi connectivity index (χ3v) is 3.69. The van der Waals surface area contributed by atoms with Crippen LogP contribution in [0, 0.1) is 5.92 Å². The van der Waals surface area contributed by atoms with Crippen LogP contribution in [0.5, 0.6) is 5.75 Å². The van der Waals surface area contributed by atoms with E-state index in [4.69, 9.17) is 17.3 Å². The Balaban J connectivity index is 0.00000242. The molecule has 0 unspecified atom stereocenters. The van der Waals surface area contributed by atoms with Crippen molar-refractivity contribution in [2.75, 3.05) is 6.54 Å². The molecule has 8 heteroatoms. The molecular formula is C14H19ClF2IN3O. The predicted molar refractivity (Wildman–Crippen MR) is 94.2 cm³/mol. The minimum atomic E-state index is -2.89. The van der Waals surface area contributed by atoms with Gasteiger partial charge in [0, 0.05) is 17.1 Å². The molecule has 4 nitrogen and oxygen atoms in total. The van der Waals surface area contributed by atoms with Gasteiger partial charge < -0.3 is 15.8 Å². The van der Waals surface area contributed by atoms with Crippen LogP contribution in [0.4, 0.5) is 8.78 Å². The fourth-order valence-corrected chi connectivity index (χ4v) is 2.25. The molecule has 0 amide bonds. The maximum absolute atomic E-state index is 12.3. The molecule has 1 aromatic rings. The maximum atomic E-state index is 12.3. The van der Waals surface area contributed by atoms with Gasteiger partial charge in [0.2, 0.25) is 0 Å². The lowest BCUT2D eigenvalue weighted by Crippen LogP contribution is -2.37. The van der Waals surface area contributed by atoms with E-state index in [0.717, 1.165) is 6.54 Å². The van der Waals surface area contributed by atoms with Gasteiger partial charge in [-0.2, -0.15) is 8.78 Å². The molecular weight excluding hydrogens is 427 g/mol. The van der Waals surface area contributed by atoms with E-state index in [2.05, 4.69) is 15.0 Å². The van der Waals surface area contributed by atoms with Crippen molar-refractivity contribution in [2.24, 2.45) is 16.6 Å². The normalized spacial score (nSPS) is 15.2. The fraction of sp³-hybridized carbons (Fsp3) is 0.500. The lowest BCUT2D eigenvalue weighted by Gasteiger charge is -2.25. The van der Waals surface area contributed by atoms with Crippen molar-refractivity contribution in [2.45, 2.75) is 32.4 Å². The molecule has 1 saturated carbocycles. The molecule has 1 aliphatic rings. The largest absolute Gasteiger partial charge is 0.434 e. The molecule has 0 radical (unpaired) electrons. The summed E-state index contributed by atoms with van der Waals surface area (Å²) >= 11 is 5.86. The summed E-state index contributed by atoms with van der Waals surface area (Å²) in [6.07, 6.45) is 3.68. The molecule has 2 rings (SSSR count). The first kappa shape index (κ1) is 19.2. The molecule has 0 aromatic heterocycles. The van der Waals surface area contributed by atoms with E-state index in [-0.39, 0.29) is 36.3 Å². The molecule has 0 atom stereocenters. The van der Waals surface area contributed by atoms with E-state index in [9.17, 15) is 8.78 Å². The zero-order valence-corrected chi connectivity index (χ0v) is 15.0. The SMILES string of the molecule is I.NC(=NCc1cc(Cl)ccc1OC(F)F)NCC1CCC1. The van der Waals surface area contributed by atoms with Gasteiger partial charge in [0.05, 0.1) is 6.54 Å². The van der Waals surface area contributed by atoms with Gasteiger partial charge in [0.1, 0.15) is 5.75 Å². The Morgan fingerprint density at radius 1 is 1.45 bits per heavy atom. The van der Waals surface area contributed by atoms with Crippen LogP contribution in [0.2, 0.25) is 5.02 Å². The maximum Gasteiger partial charge on any atom is 0.387 e. The monoisotopic (exact) mass is 445 g/mol. The van der Waals surface area contributed by atoms with Crippen molar-refractivity contribution in [3.63, 3.8) is 0 Å². The van der Waals surface area contributed by atoms with Crippen LogP contribution >= 0.6 is 35.6 Å². The van der Waals surface area contributed by atoms with E-state index in [0.29, 0.717) is 22.5 Å². The second-order valence-corrected chi connectivity index (χ2v) is 5.45. The van der Waals surface area contributed by atoms with Gasteiger partial charge in [-0.05, 0) is 37.0 Å². The predicted octanol–water partition coefficient (Wildman–Crippen LogP) is 3.76. The Morgan fingerprint density at radius 3 is 2.77 bits per heavy atom. The molecule has 0 bridgehead atoms. The molecule has 1 fully saturated rings. The highest BCUT2D eigenvalue weighted by atomic mass is 127. The smallest absolute Gasteiger partial charge is 0.387 e.